The number of benzene rings is 1. The molecule has 5 nitrogen and oxygen atoms in total. The molecule has 1 amide bonds. The highest BCUT2D eigenvalue weighted by Gasteiger charge is 2.32. The molecule has 1 heterocycles. The molecule has 0 radical (unpaired) electrons. The van der Waals surface area contributed by atoms with E-state index in [1.165, 1.54) is 12.1 Å². The van der Waals surface area contributed by atoms with E-state index < -0.39 is 17.7 Å². The Morgan fingerprint density at radius 3 is 2.50 bits per heavy atom. The highest BCUT2D eigenvalue weighted by molar-refractivity contribution is 5.96. The first-order valence-electron chi connectivity index (χ1n) is 7.17. The van der Waals surface area contributed by atoms with Gasteiger partial charge in [-0.25, -0.2) is 9.18 Å². The van der Waals surface area contributed by atoms with Gasteiger partial charge < -0.3 is 14.7 Å². The molecule has 0 atom stereocenters. The Hall–Kier alpha value is -1.95. The number of methoxy groups -OCH3 is 1. The van der Waals surface area contributed by atoms with E-state index in [-0.39, 0.29) is 16.5 Å². The lowest BCUT2D eigenvalue weighted by atomic mass is 9.81. The van der Waals surface area contributed by atoms with Gasteiger partial charge in [0.25, 0.3) is 5.91 Å². The first kappa shape index (κ1) is 16.4. The van der Waals surface area contributed by atoms with Crippen LogP contribution in [0.3, 0.4) is 0 Å². The van der Waals surface area contributed by atoms with E-state index in [1.54, 1.807) is 12.0 Å². The summed E-state index contributed by atoms with van der Waals surface area (Å²) in [5.41, 5.74) is -0.210. The fourth-order valence-corrected chi connectivity index (χ4v) is 2.73. The number of likely N-dealkylation sites (tertiary alicyclic amines) is 1. The van der Waals surface area contributed by atoms with Crippen molar-refractivity contribution in [3.05, 3.63) is 35.1 Å². The molecule has 1 aromatic rings. The van der Waals surface area contributed by atoms with Crippen molar-refractivity contribution >= 4 is 11.9 Å². The highest BCUT2D eigenvalue weighted by Crippen LogP contribution is 2.31. The smallest absolute Gasteiger partial charge is 0.335 e. The van der Waals surface area contributed by atoms with Crippen molar-refractivity contribution < 1.29 is 23.8 Å². The second-order valence-corrected chi connectivity index (χ2v) is 6.04. The van der Waals surface area contributed by atoms with E-state index in [0.29, 0.717) is 19.7 Å². The Morgan fingerprint density at radius 2 is 2.00 bits per heavy atom. The monoisotopic (exact) mass is 309 g/mol. The Balaban J connectivity index is 2.09. The van der Waals surface area contributed by atoms with Gasteiger partial charge in [-0.15, -0.1) is 0 Å². The molecule has 0 bridgehead atoms. The maximum absolute atomic E-state index is 14.0. The first-order chi connectivity index (χ1) is 10.4. The summed E-state index contributed by atoms with van der Waals surface area (Å²) in [4.78, 5) is 24.8. The molecular weight excluding hydrogens is 289 g/mol. The molecule has 1 aliphatic rings. The molecule has 0 spiro atoms. The molecule has 1 aromatic carbocycles. The zero-order chi connectivity index (χ0) is 16.3. The minimum atomic E-state index is -1.22. The van der Waals surface area contributed by atoms with Crippen molar-refractivity contribution in [2.45, 2.75) is 19.8 Å². The average Bonchev–Trinajstić information content (AvgIpc) is 2.47. The van der Waals surface area contributed by atoms with Gasteiger partial charge in [-0.1, -0.05) is 6.92 Å². The molecule has 0 aromatic heterocycles. The number of hydrogen-bond donors (Lipinski definition) is 1. The van der Waals surface area contributed by atoms with Crippen LogP contribution >= 0.6 is 0 Å². The Labute approximate surface area is 128 Å². The Bertz CT molecular complexity index is 580. The maximum Gasteiger partial charge on any atom is 0.335 e. The standard InChI is InChI=1S/C16H20FNO4/c1-16(10-22-2)5-7-18(8-6-16)14(19)12-4-3-11(15(20)21)9-13(12)17/h3-4,9H,5-8,10H2,1-2H3,(H,20,21). The average molecular weight is 309 g/mol. The highest BCUT2D eigenvalue weighted by atomic mass is 19.1. The van der Waals surface area contributed by atoms with E-state index in [9.17, 15) is 14.0 Å². The van der Waals surface area contributed by atoms with Crippen molar-refractivity contribution in [2.24, 2.45) is 5.41 Å². The van der Waals surface area contributed by atoms with Crippen molar-refractivity contribution in [2.75, 3.05) is 26.8 Å². The fourth-order valence-electron chi connectivity index (χ4n) is 2.73. The molecule has 22 heavy (non-hydrogen) atoms. The third kappa shape index (κ3) is 3.44. The van der Waals surface area contributed by atoms with Crippen LogP contribution in [0, 0.1) is 11.2 Å². The van der Waals surface area contributed by atoms with Gasteiger partial charge in [-0.3, -0.25) is 4.79 Å². The van der Waals surface area contributed by atoms with Crippen molar-refractivity contribution in [1.82, 2.24) is 4.90 Å². The SMILES string of the molecule is COCC1(C)CCN(C(=O)c2ccc(C(=O)O)cc2F)CC1. The topological polar surface area (TPSA) is 66.8 Å². The number of ether oxygens (including phenoxy) is 1. The maximum atomic E-state index is 14.0. The van der Waals surface area contributed by atoms with Crippen LogP contribution in [0.4, 0.5) is 4.39 Å². The molecule has 120 valence electrons. The van der Waals surface area contributed by atoms with Crippen LogP contribution in [-0.2, 0) is 4.74 Å². The van der Waals surface area contributed by atoms with Gasteiger partial charge in [0, 0.05) is 20.2 Å². The van der Waals surface area contributed by atoms with E-state index in [2.05, 4.69) is 6.92 Å². The van der Waals surface area contributed by atoms with Gasteiger partial charge in [0.1, 0.15) is 5.82 Å². The van der Waals surface area contributed by atoms with Gasteiger partial charge >= 0.3 is 5.97 Å². The third-order valence-corrected chi connectivity index (χ3v) is 4.20. The number of hydrogen-bond acceptors (Lipinski definition) is 3. The van der Waals surface area contributed by atoms with Crippen LogP contribution in [0.1, 0.15) is 40.5 Å². The minimum Gasteiger partial charge on any atom is -0.478 e. The fraction of sp³-hybridized carbons (Fsp3) is 0.500. The number of rotatable bonds is 4. The molecule has 0 aliphatic carbocycles. The quantitative estimate of drug-likeness (QED) is 0.927. The lowest BCUT2D eigenvalue weighted by Crippen LogP contribution is -2.43. The van der Waals surface area contributed by atoms with Crippen molar-refractivity contribution in [3.8, 4) is 0 Å². The minimum absolute atomic E-state index is 0.0389. The van der Waals surface area contributed by atoms with Crippen molar-refractivity contribution in [1.29, 1.82) is 0 Å². The Kier molecular flexibility index (Phi) is 4.81. The second-order valence-electron chi connectivity index (χ2n) is 6.04. The number of carboxylic acids is 1. The summed E-state index contributed by atoms with van der Waals surface area (Å²) < 4.78 is 19.2. The van der Waals surface area contributed by atoms with Gasteiger partial charge in [0.05, 0.1) is 17.7 Å². The predicted molar refractivity (Wildman–Crippen MR) is 78.5 cm³/mol. The molecule has 0 unspecified atom stereocenters. The molecule has 1 N–H and O–H groups in total. The van der Waals surface area contributed by atoms with Crippen LogP contribution in [0.15, 0.2) is 18.2 Å². The molecule has 1 saturated heterocycles. The number of nitrogens with zero attached hydrogens (tertiary/aromatic N) is 1. The number of piperidine rings is 1. The third-order valence-electron chi connectivity index (χ3n) is 4.20. The Morgan fingerprint density at radius 1 is 1.36 bits per heavy atom. The number of carbonyl (C=O) groups is 2. The summed E-state index contributed by atoms with van der Waals surface area (Å²) in [6, 6.07) is 3.37. The van der Waals surface area contributed by atoms with Gasteiger partial charge in [0.15, 0.2) is 0 Å². The van der Waals surface area contributed by atoms with Crippen LogP contribution in [0.5, 0.6) is 0 Å². The van der Waals surface area contributed by atoms with E-state index in [4.69, 9.17) is 9.84 Å². The number of amides is 1. The summed E-state index contributed by atoms with van der Waals surface area (Å²) >= 11 is 0. The van der Waals surface area contributed by atoms with E-state index in [1.807, 2.05) is 0 Å². The molecule has 2 rings (SSSR count). The lowest BCUT2D eigenvalue weighted by Gasteiger charge is -2.39. The zero-order valence-corrected chi connectivity index (χ0v) is 12.8. The molecule has 1 aliphatic heterocycles. The van der Waals surface area contributed by atoms with Crippen LogP contribution in [0.2, 0.25) is 0 Å². The summed E-state index contributed by atoms with van der Waals surface area (Å²) in [6.45, 7) is 3.83. The first-order valence-corrected chi connectivity index (χ1v) is 7.17. The summed E-state index contributed by atoms with van der Waals surface area (Å²) in [6.07, 6.45) is 1.59. The number of aromatic carboxylic acids is 1. The van der Waals surface area contributed by atoms with E-state index in [0.717, 1.165) is 18.9 Å². The number of carboxylic acid groups (broad SMARTS) is 1. The van der Waals surface area contributed by atoms with E-state index >= 15 is 0 Å². The van der Waals surface area contributed by atoms with Crippen molar-refractivity contribution in [3.63, 3.8) is 0 Å². The van der Waals surface area contributed by atoms with Crippen LogP contribution in [0.25, 0.3) is 0 Å². The molecular formula is C16H20FNO4. The van der Waals surface area contributed by atoms with Gasteiger partial charge in [0.2, 0.25) is 0 Å². The zero-order valence-electron chi connectivity index (χ0n) is 12.8. The normalized spacial score (nSPS) is 17.3. The largest absolute Gasteiger partial charge is 0.478 e. The molecule has 1 fully saturated rings. The van der Waals surface area contributed by atoms with Crippen LogP contribution < -0.4 is 0 Å². The molecule has 6 heteroatoms. The van der Waals surface area contributed by atoms with Crippen LogP contribution in [-0.4, -0.2) is 48.7 Å². The van der Waals surface area contributed by atoms with Gasteiger partial charge in [-0.05, 0) is 36.5 Å². The summed E-state index contributed by atoms with van der Waals surface area (Å²) in [5, 5.41) is 8.82. The van der Waals surface area contributed by atoms with Gasteiger partial charge in [-0.2, -0.15) is 0 Å². The predicted octanol–water partition coefficient (Wildman–Crippen LogP) is 2.41. The molecule has 0 saturated carbocycles. The lowest BCUT2D eigenvalue weighted by molar-refractivity contribution is 0.0299. The summed E-state index contributed by atoms with van der Waals surface area (Å²) in [5.74, 6) is -2.41. The number of halogens is 1. The second kappa shape index (κ2) is 6.44. The summed E-state index contributed by atoms with van der Waals surface area (Å²) in [7, 11) is 1.65. The number of carbonyl (C=O) groups excluding carboxylic acids is 1.